The topological polar surface area (TPSA) is 90.4 Å². The van der Waals surface area contributed by atoms with Crippen molar-refractivity contribution in [3.63, 3.8) is 0 Å². The van der Waals surface area contributed by atoms with E-state index in [9.17, 15) is 14.5 Å². The number of nitrogens with two attached hydrogens (primary N) is 1. The number of nitro benzene ring substituents is 1. The molecule has 3 N–H and O–H groups in total. The summed E-state index contributed by atoms with van der Waals surface area (Å²) in [6.07, 6.45) is 0. The Hall–Kier alpha value is -2.19. The standard InChI is InChI=1S/C12H9BrFN3O3/c13-7-1-8(14)3-11(2-7)20-12-5-9(16-15)4-10(6-12)17(18)19/h1-6,16H,15H2. The minimum absolute atomic E-state index is 0.171. The van der Waals surface area contributed by atoms with Gasteiger partial charge in [-0.2, -0.15) is 0 Å². The molecule has 0 aliphatic rings. The van der Waals surface area contributed by atoms with E-state index in [0.717, 1.165) is 0 Å². The number of nitrogens with one attached hydrogen (secondary N) is 1. The second kappa shape index (κ2) is 5.85. The molecule has 0 amide bonds. The highest BCUT2D eigenvalue weighted by Crippen LogP contribution is 2.30. The summed E-state index contributed by atoms with van der Waals surface area (Å²) in [4.78, 5) is 10.2. The summed E-state index contributed by atoms with van der Waals surface area (Å²) in [6.45, 7) is 0. The summed E-state index contributed by atoms with van der Waals surface area (Å²) in [5.74, 6) is 5.12. The van der Waals surface area contributed by atoms with Gasteiger partial charge in [-0.05, 0) is 12.1 Å². The van der Waals surface area contributed by atoms with Crippen LogP contribution in [0.5, 0.6) is 11.5 Å². The van der Waals surface area contributed by atoms with Crippen molar-refractivity contribution >= 4 is 27.3 Å². The van der Waals surface area contributed by atoms with Crippen molar-refractivity contribution in [1.29, 1.82) is 0 Å². The third kappa shape index (κ3) is 3.43. The van der Waals surface area contributed by atoms with Crippen LogP contribution in [-0.4, -0.2) is 4.92 Å². The van der Waals surface area contributed by atoms with Gasteiger partial charge in [-0.1, -0.05) is 15.9 Å². The maximum atomic E-state index is 13.2. The molecule has 2 aromatic carbocycles. The predicted molar refractivity (Wildman–Crippen MR) is 75.1 cm³/mol. The van der Waals surface area contributed by atoms with E-state index in [1.54, 1.807) is 0 Å². The number of nitrogens with zero attached hydrogens (tertiary/aromatic N) is 1. The van der Waals surface area contributed by atoms with E-state index in [4.69, 9.17) is 10.6 Å². The normalized spacial score (nSPS) is 10.2. The molecule has 0 heterocycles. The zero-order valence-corrected chi connectivity index (χ0v) is 11.6. The Kier molecular flexibility index (Phi) is 4.16. The number of nitrogen functional groups attached to an aromatic ring is 1. The van der Waals surface area contributed by atoms with E-state index in [0.29, 0.717) is 10.2 Å². The molecule has 0 aromatic heterocycles. The van der Waals surface area contributed by atoms with Gasteiger partial charge in [0.1, 0.15) is 17.3 Å². The second-order valence-electron chi connectivity index (χ2n) is 3.82. The molecule has 0 fully saturated rings. The molecule has 0 saturated heterocycles. The van der Waals surface area contributed by atoms with Gasteiger partial charge < -0.3 is 10.2 Å². The van der Waals surface area contributed by atoms with Crippen LogP contribution in [0.1, 0.15) is 0 Å². The molecule has 104 valence electrons. The Bertz CT molecular complexity index is 646. The van der Waals surface area contributed by atoms with Crippen molar-refractivity contribution in [2.75, 3.05) is 5.43 Å². The SMILES string of the molecule is NNc1cc(Oc2cc(F)cc(Br)c2)cc([N+](=O)[O-])c1. The second-order valence-corrected chi connectivity index (χ2v) is 4.74. The molecule has 0 aliphatic heterocycles. The minimum atomic E-state index is -0.574. The summed E-state index contributed by atoms with van der Waals surface area (Å²) in [5.41, 5.74) is 2.42. The Morgan fingerprint density at radius 3 is 2.50 bits per heavy atom. The fourth-order valence-corrected chi connectivity index (χ4v) is 2.00. The number of nitro groups is 1. The van der Waals surface area contributed by atoms with Gasteiger partial charge in [0, 0.05) is 22.7 Å². The molecule has 0 atom stereocenters. The Balaban J connectivity index is 2.37. The van der Waals surface area contributed by atoms with Crippen LogP contribution in [0.2, 0.25) is 0 Å². The molecular formula is C12H9BrFN3O3. The number of benzene rings is 2. The van der Waals surface area contributed by atoms with Gasteiger partial charge >= 0.3 is 0 Å². The largest absolute Gasteiger partial charge is 0.457 e. The highest BCUT2D eigenvalue weighted by atomic mass is 79.9. The van der Waals surface area contributed by atoms with Crippen molar-refractivity contribution in [1.82, 2.24) is 0 Å². The fraction of sp³-hybridized carbons (Fsp3) is 0. The Labute approximate surface area is 121 Å². The first-order valence-corrected chi connectivity index (χ1v) is 6.17. The van der Waals surface area contributed by atoms with Crippen molar-refractivity contribution in [3.8, 4) is 11.5 Å². The minimum Gasteiger partial charge on any atom is -0.457 e. The molecule has 6 nitrogen and oxygen atoms in total. The maximum Gasteiger partial charge on any atom is 0.275 e. The van der Waals surface area contributed by atoms with E-state index < -0.39 is 10.7 Å². The lowest BCUT2D eigenvalue weighted by atomic mass is 10.2. The Morgan fingerprint density at radius 2 is 1.90 bits per heavy atom. The summed E-state index contributed by atoms with van der Waals surface area (Å²) in [6, 6.07) is 7.92. The Morgan fingerprint density at radius 1 is 1.20 bits per heavy atom. The summed E-state index contributed by atoms with van der Waals surface area (Å²) >= 11 is 3.13. The van der Waals surface area contributed by atoms with Crippen LogP contribution in [0.3, 0.4) is 0 Å². The molecule has 20 heavy (non-hydrogen) atoms. The first kappa shape index (κ1) is 14.2. The number of rotatable bonds is 4. The van der Waals surface area contributed by atoms with Crippen LogP contribution in [0.4, 0.5) is 15.8 Å². The predicted octanol–water partition coefficient (Wildman–Crippen LogP) is 3.57. The summed E-state index contributed by atoms with van der Waals surface area (Å²) in [5, 5.41) is 10.8. The van der Waals surface area contributed by atoms with Gasteiger partial charge in [0.2, 0.25) is 0 Å². The van der Waals surface area contributed by atoms with Gasteiger partial charge in [-0.15, -0.1) is 0 Å². The third-order valence-electron chi connectivity index (χ3n) is 2.34. The van der Waals surface area contributed by atoms with Gasteiger partial charge in [-0.3, -0.25) is 16.0 Å². The maximum absolute atomic E-state index is 13.2. The summed E-state index contributed by atoms with van der Waals surface area (Å²) < 4.78 is 19.1. The quantitative estimate of drug-likeness (QED) is 0.504. The first-order valence-electron chi connectivity index (χ1n) is 5.38. The van der Waals surface area contributed by atoms with Gasteiger partial charge in [0.15, 0.2) is 0 Å². The van der Waals surface area contributed by atoms with Crippen LogP contribution in [0.25, 0.3) is 0 Å². The van der Waals surface area contributed by atoms with E-state index in [2.05, 4.69) is 21.4 Å². The number of non-ortho nitro benzene ring substituents is 1. The van der Waals surface area contributed by atoms with Gasteiger partial charge in [0.05, 0.1) is 16.7 Å². The van der Waals surface area contributed by atoms with Crippen molar-refractivity contribution in [3.05, 3.63) is 56.8 Å². The van der Waals surface area contributed by atoms with E-state index >= 15 is 0 Å². The first-order chi connectivity index (χ1) is 9.47. The van der Waals surface area contributed by atoms with E-state index in [-0.39, 0.29) is 17.2 Å². The lowest BCUT2D eigenvalue weighted by molar-refractivity contribution is -0.384. The molecule has 0 spiro atoms. The molecule has 0 bridgehead atoms. The monoisotopic (exact) mass is 341 g/mol. The number of hydrazine groups is 1. The fourth-order valence-electron chi connectivity index (χ4n) is 1.55. The average Bonchev–Trinajstić information content (AvgIpc) is 2.36. The van der Waals surface area contributed by atoms with Crippen LogP contribution in [0, 0.1) is 15.9 Å². The van der Waals surface area contributed by atoms with Crippen LogP contribution in [-0.2, 0) is 0 Å². The van der Waals surface area contributed by atoms with Crippen LogP contribution in [0.15, 0.2) is 40.9 Å². The lowest BCUT2D eigenvalue weighted by Crippen LogP contribution is -2.07. The highest BCUT2D eigenvalue weighted by molar-refractivity contribution is 9.10. The number of hydrogen-bond donors (Lipinski definition) is 2. The lowest BCUT2D eigenvalue weighted by Gasteiger charge is -2.08. The zero-order valence-electron chi connectivity index (χ0n) is 9.97. The molecular weight excluding hydrogens is 333 g/mol. The molecule has 0 saturated carbocycles. The molecule has 2 rings (SSSR count). The summed E-state index contributed by atoms with van der Waals surface area (Å²) in [7, 11) is 0. The molecule has 0 radical (unpaired) electrons. The third-order valence-corrected chi connectivity index (χ3v) is 2.80. The molecule has 8 heteroatoms. The number of ether oxygens (including phenoxy) is 1. The van der Waals surface area contributed by atoms with E-state index in [1.807, 2.05) is 0 Å². The van der Waals surface area contributed by atoms with Crippen molar-refractivity contribution < 1.29 is 14.1 Å². The van der Waals surface area contributed by atoms with E-state index in [1.165, 1.54) is 36.4 Å². The van der Waals surface area contributed by atoms with Crippen LogP contribution < -0.4 is 16.0 Å². The highest BCUT2D eigenvalue weighted by Gasteiger charge is 2.11. The molecule has 0 aliphatic carbocycles. The molecule has 2 aromatic rings. The van der Waals surface area contributed by atoms with Gasteiger partial charge in [-0.25, -0.2) is 4.39 Å². The number of hydrogen-bond acceptors (Lipinski definition) is 5. The number of halogens is 2. The molecule has 0 unspecified atom stereocenters. The van der Waals surface area contributed by atoms with Crippen LogP contribution >= 0.6 is 15.9 Å². The van der Waals surface area contributed by atoms with Crippen molar-refractivity contribution in [2.45, 2.75) is 0 Å². The number of anilines is 1. The van der Waals surface area contributed by atoms with Crippen molar-refractivity contribution in [2.24, 2.45) is 5.84 Å². The average molecular weight is 342 g/mol. The zero-order chi connectivity index (χ0) is 14.7. The smallest absolute Gasteiger partial charge is 0.275 e. The van der Waals surface area contributed by atoms with Gasteiger partial charge in [0.25, 0.3) is 5.69 Å².